The van der Waals surface area contributed by atoms with E-state index in [4.69, 9.17) is 5.11 Å². The molecule has 48 valence electrons. The van der Waals surface area contributed by atoms with Crippen molar-refractivity contribution in [3.8, 4) is 5.75 Å². The predicted molar refractivity (Wildman–Crippen MR) is 42.1 cm³/mol. The van der Waals surface area contributed by atoms with Gasteiger partial charge in [-0.15, -0.1) is 0 Å². The number of para-hydroxylation sites is 1. The number of hydrogen-bond acceptors (Lipinski definition) is 1. The lowest BCUT2D eigenvalue weighted by molar-refractivity contribution is 0.479. The van der Waals surface area contributed by atoms with Gasteiger partial charge in [-0.1, -0.05) is 24.7 Å². The summed E-state index contributed by atoms with van der Waals surface area (Å²) in [6.45, 7) is 2.16. The number of rotatable bonds is 1. The molecule has 1 rings (SSSR count). The quantitative estimate of drug-likeness (QED) is 0.551. The molecular formula is C7H10OSi. The minimum absolute atomic E-state index is 0.188. The Morgan fingerprint density at radius 1 is 1.33 bits per heavy atom. The number of benzene rings is 1. The highest BCUT2D eigenvalue weighted by molar-refractivity contribution is 6.53. The van der Waals surface area contributed by atoms with E-state index in [0.717, 1.165) is 5.19 Å². The van der Waals surface area contributed by atoms with Crippen LogP contribution in [0.4, 0.5) is 0 Å². The van der Waals surface area contributed by atoms with E-state index in [9.17, 15) is 0 Å². The van der Waals surface area contributed by atoms with Crippen LogP contribution in [0.2, 0.25) is 6.55 Å². The van der Waals surface area contributed by atoms with Gasteiger partial charge in [0.25, 0.3) is 0 Å². The number of aromatic hydroxyl groups is 1. The Morgan fingerprint density at radius 2 is 2.00 bits per heavy atom. The second-order valence-electron chi connectivity index (χ2n) is 1.98. The minimum Gasteiger partial charge on any atom is -0.508 e. The van der Waals surface area contributed by atoms with E-state index in [1.54, 1.807) is 6.07 Å². The molecule has 0 aliphatic heterocycles. The summed E-state index contributed by atoms with van der Waals surface area (Å²) in [6.07, 6.45) is 0. The van der Waals surface area contributed by atoms with Gasteiger partial charge in [0.15, 0.2) is 0 Å². The fraction of sp³-hybridized carbons (Fsp3) is 0.143. The molecule has 0 saturated carbocycles. The van der Waals surface area contributed by atoms with Crippen molar-refractivity contribution >= 4 is 14.7 Å². The van der Waals surface area contributed by atoms with E-state index in [1.807, 2.05) is 18.2 Å². The summed E-state index contributed by atoms with van der Waals surface area (Å²) in [5.74, 6) is 0.465. The van der Waals surface area contributed by atoms with E-state index in [0.29, 0.717) is 5.75 Å². The van der Waals surface area contributed by atoms with Gasteiger partial charge in [0.2, 0.25) is 0 Å². The van der Waals surface area contributed by atoms with Gasteiger partial charge in [-0.05, 0) is 11.3 Å². The molecule has 1 nitrogen and oxygen atoms in total. The van der Waals surface area contributed by atoms with Gasteiger partial charge in [-0.25, -0.2) is 0 Å². The SMILES string of the molecule is C[SiH2]c1ccccc1O. The topological polar surface area (TPSA) is 20.2 Å². The summed E-state index contributed by atoms with van der Waals surface area (Å²) in [5.41, 5.74) is 0. The molecule has 9 heavy (non-hydrogen) atoms. The Balaban J connectivity index is 3.01. The van der Waals surface area contributed by atoms with Crippen molar-refractivity contribution in [3.63, 3.8) is 0 Å². The zero-order chi connectivity index (χ0) is 6.69. The highest BCUT2D eigenvalue weighted by atomic mass is 28.2. The maximum Gasteiger partial charge on any atom is 0.114 e. The monoisotopic (exact) mass is 138 g/mol. The van der Waals surface area contributed by atoms with Crippen molar-refractivity contribution in [2.24, 2.45) is 0 Å². The Kier molecular flexibility index (Phi) is 1.90. The fourth-order valence-corrected chi connectivity index (χ4v) is 1.66. The van der Waals surface area contributed by atoms with E-state index in [-0.39, 0.29) is 9.52 Å². The zero-order valence-electron chi connectivity index (χ0n) is 5.46. The molecule has 0 fully saturated rings. The van der Waals surface area contributed by atoms with Crippen LogP contribution in [-0.4, -0.2) is 14.6 Å². The van der Waals surface area contributed by atoms with Crippen LogP contribution in [0.5, 0.6) is 5.75 Å². The van der Waals surface area contributed by atoms with E-state index >= 15 is 0 Å². The largest absolute Gasteiger partial charge is 0.508 e. The lowest BCUT2D eigenvalue weighted by atomic mass is 10.3. The average molecular weight is 138 g/mol. The highest BCUT2D eigenvalue weighted by Gasteiger charge is 1.92. The van der Waals surface area contributed by atoms with E-state index in [2.05, 4.69) is 6.55 Å². The number of phenols is 1. The Labute approximate surface area is 57.2 Å². The van der Waals surface area contributed by atoms with Gasteiger partial charge in [0, 0.05) is 0 Å². The lowest BCUT2D eigenvalue weighted by Crippen LogP contribution is -2.09. The molecule has 0 radical (unpaired) electrons. The smallest absolute Gasteiger partial charge is 0.114 e. The summed E-state index contributed by atoms with van der Waals surface area (Å²) in [5, 5.41) is 10.3. The molecule has 0 saturated heterocycles. The van der Waals surface area contributed by atoms with Crippen molar-refractivity contribution in [2.45, 2.75) is 6.55 Å². The third-order valence-electron chi connectivity index (χ3n) is 1.37. The normalized spacial score (nSPS) is 10.8. The van der Waals surface area contributed by atoms with Crippen LogP contribution in [0, 0.1) is 0 Å². The molecule has 1 aromatic rings. The third-order valence-corrected chi connectivity index (χ3v) is 2.73. The third kappa shape index (κ3) is 1.33. The van der Waals surface area contributed by atoms with Gasteiger partial charge in [0.05, 0.1) is 9.52 Å². The van der Waals surface area contributed by atoms with Gasteiger partial charge in [0.1, 0.15) is 5.75 Å². The zero-order valence-corrected chi connectivity index (χ0v) is 6.88. The van der Waals surface area contributed by atoms with Crippen LogP contribution in [0.25, 0.3) is 0 Å². The van der Waals surface area contributed by atoms with Crippen molar-refractivity contribution in [1.82, 2.24) is 0 Å². The second kappa shape index (κ2) is 2.69. The molecule has 0 aliphatic carbocycles. The summed E-state index contributed by atoms with van der Waals surface area (Å²) in [7, 11) is -0.188. The van der Waals surface area contributed by atoms with Crippen molar-refractivity contribution < 1.29 is 5.11 Å². The van der Waals surface area contributed by atoms with Crippen LogP contribution in [0.3, 0.4) is 0 Å². The molecule has 0 aliphatic rings. The fourth-order valence-electron chi connectivity index (χ4n) is 0.810. The molecule has 0 aromatic heterocycles. The van der Waals surface area contributed by atoms with Crippen LogP contribution in [0.15, 0.2) is 24.3 Å². The van der Waals surface area contributed by atoms with Gasteiger partial charge in [-0.3, -0.25) is 0 Å². The molecule has 0 unspecified atom stereocenters. The first kappa shape index (κ1) is 6.36. The Morgan fingerprint density at radius 3 is 2.44 bits per heavy atom. The van der Waals surface area contributed by atoms with E-state index in [1.165, 1.54) is 0 Å². The molecule has 1 N–H and O–H groups in total. The van der Waals surface area contributed by atoms with Crippen LogP contribution in [0.1, 0.15) is 0 Å². The van der Waals surface area contributed by atoms with Crippen molar-refractivity contribution in [3.05, 3.63) is 24.3 Å². The standard InChI is InChI=1S/C7H10OSi/c1-9-7-5-3-2-4-6(7)8/h2-5,8H,9H2,1H3. The minimum atomic E-state index is -0.188. The van der Waals surface area contributed by atoms with E-state index < -0.39 is 0 Å². The molecular weight excluding hydrogens is 128 g/mol. The Hall–Kier alpha value is -0.763. The summed E-state index contributed by atoms with van der Waals surface area (Å²) < 4.78 is 0. The molecule has 2 heteroatoms. The molecule has 0 atom stereocenters. The van der Waals surface area contributed by atoms with Crippen molar-refractivity contribution in [1.29, 1.82) is 0 Å². The lowest BCUT2D eigenvalue weighted by Gasteiger charge is -1.96. The molecule has 0 spiro atoms. The second-order valence-corrected chi connectivity index (χ2v) is 3.45. The highest BCUT2D eigenvalue weighted by Crippen LogP contribution is 2.00. The number of phenolic OH excluding ortho intramolecular Hbond substituents is 1. The number of hydrogen-bond donors (Lipinski definition) is 1. The van der Waals surface area contributed by atoms with Gasteiger partial charge in [-0.2, -0.15) is 0 Å². The summed E-state index contributed by atoms with van der Waals surface area (Å²) in [6, 6.07) is 7.54. The first-order valence-electron chi connectivity index (χ1n) is 3.11. The molecule has 0 heterocycles. The van der Waals surface area contributed by atoms with Crippen LogP contribution in [-0.2, 0) is 0 Å². The summed E-state index contributed by atoms with van der Waals surface area (Å²) >= 11 is 0. The molecule has 0 bridgehead atoms. The Bertz CT molecular complexity index is 198. The predicted octanol–water partition coefficient (Wildman–Crippen LogP) is 0.234. The first-order valence-corrected chi connectivity index (χ1v) is 5.23. The van der Waals surface area contributed by atoms with Gasteiger partial charge >= 0.3 is 0 Å². The first-order chi connectivity index (χ1) is 4.34. The van der Waals surface area contributed by atoms with Crippen LogP contribution < -0.4 is 5.19 Å². The van der Waals surface area contributed by atoms with Crippen LogP contribution >= 0.6 is 0 Å². The molecule has 0 amide bonds. The van der Waals surface area contributed by atoms with Gasteiger partial charge < -0.3 is 5.11 Å². The average Bonchev–Trinajstić information content (AvgIpc) is 1.89. The van der Waals surface area contributed by atoms with Crippen molar-refractivity contribution in [2.75, 3.05) is 0 Å². The maximum absolute atomic E-state index is 9.15. The maximum atomic E-state index is 9.15. The summed E-state index contributed by atoms with van der Waals surface area (Å²) in [4.78, 5) is 0. The molecule has 1 aromatic carbocycles.